The molecule has 0 fully saturated rings. The number of fused-ring (bicyclic) bond motifs is 1. The standard InChI is InChI=1S/C26H26N2O2/c1-30-21-14-12-20(13-15-21)23(24-18-27-25-10-6-5-9-22(24)25)17-28-26(29)16-11-19-7-3-2-4-8-19/h2-10,12-15,18,23,27H,11,16-17H2,1H3,(H,28,29)/t23-/m1/s1. The predicted octanol–water partition coefficient (Wildman–Crippen LogP) is 5.06. The number of aromatic amines is 1. The van der Waals surface area contributed by atoms with Gasteiger partial charge in [-0.15, -0.1) is 0 Å². The van der Waals surface area contributed by atoms with E-state index in [0.29, 0.717) is 13.0 Å². The molecule has 4 rings (SSSR count). The highest BCUT2D eigenvalue weighted by Crippen LogP contribution is 2.31. The molecule has 30 heavy (non-hydrogen) atoms. The average Bonchev–Trinajstić information content (AvgIpc) is 3.23. The van der Waals surface area contributed by atoms with E-state index in [4.69, 9.17) is 4.74 Å². The molecule has 1 heterocycles. The molecule has 0 spiro atoms. The zero-order valence-corrected chi connectivity index (χ0v) is 17.1. The summed E-state index contributed by atoms with van der Waals surface area (Å²) in [6.45, 7) is 0.543. The fourth-order valence-electron chi connectivity index (χ4n) is 3.83. The van der Waals surface area contributed by atoms with Gasteiger partial charge in [-0.3, -0.25) is 4.79 Å². The van der Waals surface area contributed by atoms with Gasteiger partial charge in [0.2, 0.25) is 5.91 Å². The summed E-state index contributed by atoms with van der Waals surface area (Å²) >= 11 is 0. The smallest absolute Gasteiger partial charge is 0.220 e. The maximum Gasteiger partial charge on any atom is 0.220 e. The number of nitrogens with one attached hydrogen (secondary N) is 2. The number of para-hydroxylation sites is 1. The zero-order chi connectivity index (χ0) is 20.8. The molecule has 0 unspecified atom stereocenters. The van der Waals surface area contributed by atoms with E-state index in [1.165, 1.54) is 16.5 Å². The Bertz CT molecular complexity index is 1100. The summed E-state index contributed by atoms with van der Waals surface area (Å²) in [7, 11) is 1.67. The number of ether oxygens (including phenoxy) is 1. The first-order chi connectivity index (χ1) is 14.7. The Kier molecular flexibility index (Phi) is 6.14. The second-order valence-electron chi connectivity index (χ2n) is 7.41. The van der Waals surface area contributed by atoms with Gasteiger partial charge < -0.3 is 15.0 Å². The van der Waals surface area contributed by atoms with Crippen LogP contribution in [-0.4, -0.2) is 24.5 Å². The van der Waals surface area contributed by atoms with Crippen LogP contribution in [0.2, 0.25) is 0 Å². The first kappa shape index (κ1) is 19.8. The number of amides is 1. The molecule has 0 bridgehead atoms. The van der Waals surface area contributed by atoms with E-state index in [1.54, 1.807) is 7.11 Å². The molecule has 0 radical (unpaired) electrons. The van der Waals surface area contributed by atoms with Gasteiger partial charge in [-0.2, -0.15) is 0 Å². The number of benzene rings is 3. The Morgan fingerprint density at radius 1 is 0.967 bits per heavy atom. The summed E-state index contributed by atoms with van der Waals surface area (Å²) in [5.74, 6) is 0.938. The van der Waals surface area contributed by atoms with Gasteiger partial charge >= 0.3 is 0 Å². The Balaban J connectivity index is 1.52. The number of H-pyrrole nitrogens is 1. The van der Waals surface area contributed by atoms with Crippen molar-refractivity contribution in [3.8, 4) is 5.75 Å². The molecule has 0 saturated carbocycles. The van der Waals surface area contributed by atoms with Crippen molar-refractivity contribution < 1.29 is 9.53 Å². The van der Waals surface area contributed by atoms with Crippen LogP contribution in [0.1, 0.15) is 29.0 Å². The highest BCUT2D eigenvalue weighted by molar-refractivity contribution is 5.84. The van der Waals surface area contributed by atoms with Crippen molar-refractivity contribution in [1.29, 1.82) is 0 Å². The lowest BCUT2D eigenvalue weighted by molar-refractivity contribution is -0.121. The van der Waals surface area contributed by atoms with Gasteiger partial charge in [-0.25, -0.2) is 0 Å². The zero-order valence-electron chi connectivity index (χ0n) is 17.1. The Hall–Kier alpha value is -3.53. The van der Waals surface area contributed by atoms with Crippen molar-refractivity contribution in [1.82, 2.24) is 10.3 Å². The van der Waals surface area contributed by atoms with Crippen LogP contribution < -0.4 is 10.1 Å². The van der Waals surface area contributed by atoms with Crippen molar-refractivity contribution in [2.75, 3.05) is 13.7 Å². The summed E-state index contributed by atoms with van der Waals surface area (Å²) in [6, 6.07) is 26.4. The van der Waals surface area contributed by atoms with E-state index in [2.05, 4.69) is 52.9 Å². The van der Waals surface area contributed by atoms with Gasteiger partial charge in [0.05, 0.1) is 7.11 Å². The molecule has 1 aromatic heterocycles. The fraction of sp³-hybridized carbons (Fsp3) is 0.192. The lowest BCUT2D eigenvalue weighted by Crippen LogP contribution is -2.29. The molecule has 152 valence electrons. The fourth-order valence-corrected chi connectivity index (χ4v) is 3.83. The Morgan fingerprint density at radius 3 is 2.47 bits per heavy atom. The SMILES string of the molecule is COc1ccc([C@@H](CNC(=O)CCc2ccccc2)c2c[nH]c3ccccc23)cc1. The molecule has 1 amide bonds. The maximum atomic E-state index is 12.5. The van der Waals surface area contributed by atoms with E-state index >= 15 is 0 Å². The van der Waals surface area contributed by atoms with E-state index in [-0.39, 0.29) is 11.8 Å². The van der Waals surface area contributed by atoms with Gasteiger partial charge in [-0.1, -0.05) is 60.7 Å². The third-order valence-corrected chi connectivity index (χ3v) is 5.50. The number of hydrogen-bond donors (Lipinski definition) is 2. The van der Waals surface area contributed by atoms with Gasteiger partial charge in [0, 0.05) is 36.0 Å². The highest BCUT2D eigenvalue weighted by Gasteiger charge is 2.19. The number of hydrogen-bond acceptors (Lipinski definition) is 2. The first-order valence-electron chi connectivity index (χ1n) is 10.2. The van der Waals surface area contributed by atoms with Crippen molar-refractivity contribution in [2.24, 2.45) is 0 Å². The van der Waals surface area contributed by atoms with Crippen LogP contribution in [0.5, 0.6) is 5.75 Å². The first-order valence-corrected chi connectivity index (χ1v) is 10.2. The minimum Gasteiger partial charge on any atom is -0.497 e. The normalized spacial score (nSPS) is 11.9. The summed E-state index contributed by atoms with van der Waals surface area (Å²) in [4.78, 5) is 15.9. The van der Waals surface area contributed by atoms with Crippen molar-refractivity contribution in [2.45, 2.75) is 18.8 Å². The van der Waals surface area contributed by atoms with Crippen LogP contribution in [0, 0.1) is 0 Å². The van der Waals surface area contributed by atoms with Crippen LogP contribution in [-0.2, 0) is 11.2 Å². The van der Waals surface area contributed by atoms with Crippen LogP contribution in [0.4, 0.5) is 0 Å². The Morgan fingerprint density at radius 2 is 1.70 bits per heavy atom. The van der Waals surface area contributed by atoms with Crippen molar-refractivity contribution in [3.05, 3.63) is 102 Å². The summed E-state index contributed by atoms with van der Waals surface area (Å²) in [5.41, 5.74) is 4.60. The molecule has 4 nitrogen and oxygen atoms in total. The summed E-state index contributed by atoms with van der Waals surface area (Å²) in [6.07, 6.45) is 3.27. The van der Waals surface area contributed by atoms with Crippen molar-refractivity contribution in [3.63, 3.8) is 0 Å². The molecule has 1 atom stereocenters. The largest absolute Gasteiger partial charge is 0.497 e. The lowest BCUT2D eigenvalue weighted by Gasteiger charge is -2.19. The minimum absolute atomic E-state index is 0.0488. The maximum absolute atomic E-state index is 12.5. The monoisotopic (exact) mass is 398 g/mol. The molecule has 0 saturated heterocycles. The number of carbonyl (C=O) groups is 1. The predicted molar refractivity (Wildman–Crippen MR) is 121 cm³/mol. The molecule has 4 heteroatoms. The Labute approximate surface area is 176 Å². The van der Waals surface area contributed by atoms with Gasteiger partial charge in [0.15, 0.2) is 0 Å². The second kappa shape index (κ2) is 9.31. The number of aromatic nitrogens is 1. The molecular formula is C26H26N2O2. The number of rotatable bonds is 8. The summed E-state index contributed by atoms with van der Waals surface area (Å²) in [5, 5.41) is 4.33. The molecule has 2 N–H and O–H groups in total. The van der Waals surface area contributed by atoms with E-state index in [9.17, 15) is 4.79 Å². The highest BCUT2D eigenvalue weighted by atomic mass is 16.5. The van der Waals surface area contributed by atoms with E-state index in [1.807, 2.05) is 42.5 Å². The van der Waals surface area contributed by atoms with Gasteiger partial charge in [-0.05, 0) is 41.3 Å². The lowest BCUT2D eigenvalue weighted by atomic mass is 9.90. The molecule has 0 aliphatic carbocycles. The van der Waals surface area contributed by atoms with Gasteiger partial charge in [0.25, 0.3) is 0 Å². The topological polar surface area (TPSA) is 54.1 Å². The quantitative estimate of drug-likeness (QED) is 0.436. The third-order valence-electron chi connectivity index (χ3n) is 5.50. The molecule has 0 aliphatic heterocycles. The van der Waals surface area contributed by atoms with Crippen molar-refractivity contribution >= 4 is 16.8 Å². The number of aryl methyl sites for hydroxylation is 1. The molecule has 4 aromatic rings. The molecular weight excluding hydrogens is 372 g/mol. The average molecular weight is 399 g/mol. The van der Waals surface area contributed by atoms with Crippen LogP contribution in [0.3, 0.4) is 0 Å². The minimum atomic E-state index is 0.0488. The number of carbonyl (C=O) groups excluding carboxylic acids is 1. The van der Waals surface area contributed by atoms with Crippen LogP contribution in [0.15, 0.2) is 85.1 Å². The van der Waals surface area contributed by atoms with E-state index in [0.717, 1.165) is 23.3 Å². The van der Waals surface area contributed by atoms with Crippen LogP contribution in [0.25, 0.3) is 10.9 Å². The second-order valence-corrected chi connectivity index (χ2v) is 7.41. The van der Waals surface area contributed by atoms with Gasteiger partial charge in [0.1, 0.15) is 5.75 Å². The van der Waals surface area contributed by atoms with Crippen LogP contribution >= 0.6 is 0 Å². The van der Waals surface area contributed by atoms with E-state index < -0.39 is 0 Å². The summed E-state index contributed by atoms with van der Waals surface area (Å²) < 4.78 is 5.31. The molecule has 0 aliphatic rings. The third kappa shape index (κ3) is 4.54. The number of methoxy groups -OCH3 is 1. The molecule has 3 aromatic carbocycles.